The molecule has 1 atom stereocenters. The van der Waals surface area contributed by atoms with Gasteiger partial charge in [-0.1, -0.05) is 6.92 Å². The summed E-state index contributed by atoms with van der Waals surface area (Å²) < 4.78 is 0. The Bertz CT molecular complexity index is 254. The summed E-state index contributed by atoms with van der Waals surface area (Å²) in [5.74, 6) is 0.777. The predicted octanol–water partition coefficient (Wildman–Crippen LogP) is 2.46. The topological polar surface area (TPSA) is 24.9 Å². The van der Waals surface area contributed by atoms with Crippen molar-refractivity contribution in [3.63, 3.8) is 0 Å². The molecule has 0 amide bonds. The summed E-state index contributed by atoms with van der Waals surface area (Å²) in [6.45, 7) is 3.50. The summed E-state index contributed by atoms with van der Waals surface area (Å²) in [6.07, 6.45) is 7.07. The van der Waals surface area contributed by atoms with Gasteiger partial charge >= 0.3 is 0 Å². The van der Waals surface area contributed by atoms with E-state index in [1.807, 2.05) is 6.20 Å². The molecule has 2 rings (SSSR count). The maximum Gasteiger partial charge on any atom is 0.0924 e. The first-order valence-electron chi connectivity index (χ1n) is 5.46. The van der Waals surface area contributed by atoms with Gasteiger partial charge in [-0.05, 0) is 38.1 Å². The van der Waals surface area contributed by atoms with Gasteiger partial charge in [0, 0.05) is 17.6 Å². The highest BCUT2D eigenvalue weighted by Gasteiger charge is 2.20. The summed E-state index contributed by atoms with van der Waals surface area (Å²) in [4.78, 5) is 4.29. The molecule has 0 aromatic carbocycles. The molecule has 1 saturated carbocycles. The first kappa shape index (κ1) is 10.1. The third kappa shape index (κ3) is 3.39. The van der Waals surface area contributed by atoms with E-state index in [9.17, 15) is 0 Å². The minimum atomic E-state index is 0.777. The summed E-state index contributed by atoms with van der Waals surface area (Å²) in [6, 6.07) is 0.845. The number of nitrogens with one attached hydrogen (secondary N) is 1. The molecule has 0 radical (unpaired) electrons. The Kier molecular flexibility index (Phi) is 3.54. The van der Waals surface area contributed by atoms with Crippen LogP contribution in [0.5, 0.6) is 0 Å². The van der Waals surface area contributed by atoms with Crippen LogP contribution in [0.4, 0.5) is 0 Å². The van der Waals surface area contributed by atoms with Gasteiger partial charge in [-0.15, -0.1) is 11.3 Å². The average molecular weight is 210 g/mol. The molecule has 1 aromatic heterocycles. The fourth-order valence-electron chi connectivity index (χ4n) is 1.50. The van der Waals surface area contributed by atoms with Crippen LogP contribution >= 0.6 is 11.3 Å². The van der Waals surface area contributed by atoms with Gasteiger partial charge in [0.1, 0.15) is 0 Å². The minimum Gasteiger partial charge on any atom is -0.314 e. The number of thiazole rings is 1. The van der Waals surface area contributed by atoms with Crippen LogP contribution in [0.15, 0.2) is 11.6 Å². The Hall–Kier alpha value is -0.410. The zero-order valence-corrected chi connectivity index (χ0v) is 9.52. The van der Waals surface area contributed by atoms with E-state index in [-0.39, 0.29) is 0 Å². The quantitative estimate of drug-likeness (QED) is 0.780. The van der Waals surface area contributed by atoms with E-state index >= 15 is 0 Å². The molecule has 0 spiro atoms. The lowest BCUT2D eigenvalue weighted by atomic mass is 10.1. The van der Waals surface area contributed by atoms with Crippen molar-refractivity contribution in [2.75, 3.05) is 6.54 Å². The van der Waals surface area contributed by atoms with Gasteiger partial charge < -0.3 is 5.32 Å². The van der Waals surface area contributed by atoms with E-state index in [0.717, 1.165) is 18.4 Å². The molecule has 1 fully saturated rings. The van der Waals surface area contributed by atoms with Crippen molar-refractivity contribution >= 4 is 11.3 Å². The molecule has 1 unspecified atom stereocenters. The minimum absolute atomic E-state index is 0.777. The van der Waals surface area contributed by atoms with Crippen LogP contribution in [0, 0.1) is 5.92 Å². The van der Waals surface area contributed by atoms with Crippen LogP contribution in [0.1, 0.15) is 31.2 Å². The molecule has 1 aromatic rings. The van der Waals surface area contributed by atoms with Gasteiger partial charge in [-0.2, -0.15) is 0 Å². The monoisotopic (exact) mass is 210 g/mol. The highest BCUT2D eigenvalue weighted by molar-refractivity contribution is 7.09. The van der Waals surface area contributed by atoms with Gasteiger partial charge in [-0.25, -0.2) is 4.98 Å². The highest BCUT2D eigenvalue weighted by Crippen LogP contribution is 2.19. The Morgan fingerprint density at radius 2 is 2.50 bits per heavy atom. The lowest BCUT2D eigenvalue weighted by Gasteiger charge is -2.10. The van der Waals surface area contributed by atoms with E-state index in [0.29, 0.717) is 0 Å². The number of nitrogens with zero attached hydrogens (tertiary/aromatic N) is 1. The second kappa shape index (κ2) is 4.89. The fourth-order valence-corrected chi connectivity index (χ4v) is 2.14. The standard InChI is InChI=1S/C11H18N2S/c1-9(8-13-10-3-4-10)2-5-11-12-6-7-14-11/h6-7,9-10,13H,2-5,8H2,1H3. The summed E-state index contributed by atoms with van der Waals surface area (Å²) in [7, 11) is 0. The normalized spacial score (nSPS) is 18.4. The van der Waals surface area contributed by atoms with Gasteiger partial charge in [0.25, 0.3) is 0 Å². The Morgan fingerprint density at radius 1 is 1.64 bits per heavy atom. The zero-order chi connectivity index (χ0) is 9.80. The molecule has 14 heavy (non-hydrogen) atoms. The van der Waals surface area contributed by atoms with Crippen molar-refractivity contribution in [2.45, 2.75) is 38.6 Å². The van der Waals surface area contributed by atoms with Crippen LogP contribution in [-0.2, 0) is 6.42 Å². The smallest absolute Gasteiger partial charge is 0.0924 e. The van der Waals surface area contributed by atoms with E-state index in [4.69, 9.17) is 0 Å². The van der Waals surface area contributed by atoms with E-state index < -0.39 is 0 Å². The summed E-state index contributed by atoms with van der Waals surface area (Å²) in [5.41, 5.74) is 0. The van der Waals surface area contributed by atoms with Gasteiger partial charge in [-0.3, -0.25) is 0 Å². The zero-order valence-electron chi connectivity index (χ0n) is 8.70. The Morgan fingerprint density at radius 3 is 3.14 bits per heavy atom. The van der Waals surface area contributed by atoms with Crippen molar-refractivity contribution in [2.24, 2.45) is 5.92 Å². The third-order valence-electron chi connectivity index (χ3n) is 2.67. The number of hydrogen-bond donors (Lipinski definition) is 1. The Labute approximate surface area is 89.8 Å². The molecule has 0 aliphatic heterocycles. The van der Waals surface area contributed by atoms with Gasteiger partial charge in [0.05, 0.1) is 5.01 Å². The SMILES string of the molecule is CC(CCc1nccs1)CNC1CC1. The number of hydrogen-bond acceptors (Lipinski definition) is 3. The van der Waals surface area contributed by atoms with Gasteiger partial charge in [0.2, 0.25) is 0 Å². The van der Waals surface area contributed by atoms with Gasteiger partial charge in [0.15, 0.2) is 0 Å². The molecule has 78 valence electrons. The van der Waals surface area contributed by atoms with Crippen molar-refractivity contribution in [3.05, 3.63) is 16.6 Å². The van der Waals surface area contributed by atoms with Crippen molar-refractivity contribution in [3.8, 4) is 0 Å². The van der Waals surface area contributed by atoms with E-state index in [1.54, 1.807) is 11.3 Å². The first-order valence-corrected chi connectivity index (χ1v) is 6.34. The number of rotatable bonds is 6. The second-order valence-corrected chi connectivity index (χ2v) is 5.23. The first-order chi connectivity index (χ1) is 6.84. The highest BCUT2D eigenvalue weighted by atomic mass is 32.1. The fraction of sp³-hybridized carbons (Fsp3) is 0.727. The predicted molar refractivity (Wildman–Crippen MR) is 60.6 cm³/mol. The Balaban J connectivity index is 1.59. The molecule has 2 nitrogen and oxygen atoms in total. The lowest BCUT2D eigenvalue weighted by molar-refractivity contribution is 0.479. The number of aryl methyl sites for hydroxylation is 1. The second-order valence-electron chi connectivity index (χ2n) is 4.25. The molecular formula is C11H18N2S. The van der Waals surface area contributed by atoms with Crippen LogP contribution in [-0.4, -0.2) is 17.6 Å². The molecule has 1 N–H and O–H groups in total. The van der Waals surface area contributed by atoms with E-state index in [2.05, 4.69) is 22.6 Å². The van der Waals surface area contributed by atoms with Crippen LogP contribution in [0.2, 0.25) is 0 Å². The summed E-state index contributed by atoms with van der Waals surface area (Å²) >= 11 is 1.77. The van der Waals surface area contributed by atoms with E-state index in [1.165, 1.54) is 30.8 Å². The van der Waals surface area contributed by atoms with Crippen molar-refractivity contribution in [1.82, 2.24) is 10.3 Å². The van der Waals surface area contributed by atoms with Crippen molar-refractivity contribution in [1.29, 1.82) is 0 Å². The molecule has 3 heteroatoms. The largest absolute Gasteiger partial charge is 0.314 e. The van der Waals surface area contributed by atoms with Crippen molar-refractivity contribution < 1.29 is 0 Å². The van der Waals surface area contributed by atoms with Crippen LogP contribution in [0.3, 0.4) is 0 Å². The molecular weight excluding hydrogens is 192 g/mol. The summed E-state index contributed by atoms with van der Waals surface area (Å²) in [5, 5.41) is 6.91. The van der Waals surface area contributed by atoms with Crippen LogP contribution in [0.25, 0.3) is 0 Å². The average Bonchev–Trinajstić information content (AvgIpc) is 2.87. The molecule has 1 aliphatic carbocycles. The number of aromatic nitrogens is 1. The lowest BCUT2D eigenvalue weighted by Crippen LogP contribution is -2.23. The molecule has 0 bridgehead atoms. The molecule has 1 heterocycles. The van der Waals surface area contributed by atoms with Crippen LogP contribution < -0.4 is 5.32 Å². The molecule has 1 aliphatic rings. The third-order valence-corrected chi connectivity index (χ3v) is 3.51. The molecule has 0 saturated heterocycles. The maximum absolute atomic E-state index is 4.29. The maximum atomic E-state index is 4.29.